The Kier molecular flexibility index (Phi) is 9.40. The Morgan fingerprint density at radius 1 is 1.22 bits per heavy atom. The van der Waals surface area contributed by atoms with E-state index in [0.717, 1.165) is 16.9 Å². The van der Waals surface area contributed by atoms with Gasteiger partial charge in [-0.15, -0.1) is 0 Å². The molecule has 150 valence electrons. The van der Waals surface area contributed by atoms with Gasteiger partial charge in [-0.3, -0.25) is 4.79 Å². The summed E-state index contributed by atoms with van der Waals surface area (Å²) in [5.41, 5.74) is 2.10. The van der Waals surface area contributed by atoms with Gasteiger partial charge in [0.1, 0.15) is 12.3 Å². The van der Waals surface area contributed by atoms with E-state index < -0.39 is 0 Å². The summed E-state index contributed by atoms with van der Waals surface area (Å²) >= 11 is 0. The second-order valence-corrected chi connectivity index (χ2v) is 7.40. The van der Waals surface area contributed by atoms with E-state index in [1.165, 1.54) is 4.90 Å². The van der Waals surface area contributed by atoms with E-state index in [4.69, 9.17) is 4.74 Å². The van der Waals surface area contributed by atoms with Crippen molar-refractivity contribution < 1.29 is 9.53 Å². The highest BCUT2D eigenvalue weighted by atomic mass is 16.5. The number of likely N-dealkylation sites (N-methyl/N-ethyl adjacent to an activating group) is 1. The normalized spacial score (nSPS) is 12.5. The van der Waals surface area contributed by atoms with E-state index in [1.54, 1.807) is 14.1 Å². The van der Waals surface area contributed by atoms with Gasteiger partial charge in [0.2, 0.25) is 5.91 Å². The SMILES string of the molecule is C=C(C)CNC(=NCC(=O)N(C)C)NC(C)c1ccc(OCC(C)C)cc1. The minimum atomic E-state index is -0.0502. The van der Waals surface area contributed by atoms with Crippen molar-refractivity contribution in [2.24, 2.45) is 10.9 Å². The van der Waals surface area contributed by atoms with Gasteiger partial charge < -0.3 is 20.3 Å². The van der Waals surface area contributed by atoms with Crippen LogP contribution in [0.15, 0.2) is 41.4 Å². The summed E-state index contributed by atoms with van der Waals surface area (Å²) in [6, 6.07) is 8.05. The molecule has 0 aliphatic rings. The molecule has 0 saturated heterocycles. The molecule has 6 nitrogen and oxygen atoms in total. The number of hydrogen-bond acceptors (Lipinski definition) is 3. The molecule has 0 heterocycles. The molecule has 0 aromatic heterocycles. The molecule has 0 fully saturated rings. The zero-order valence-corrected chi connectivity index (χ0v) is 17.5. The Bertz CT molecular complexity index is 636. The van der Waals surface area contributed by atoms with Gasteiger partial charge in [-0.25, -0.2) is 4.99 Å². The maximum atomic E-state index is 11.8. The molecule has 0 bridgehead atoms. The van der Waals surface area contributed by atoms with Crippen molar-refractivity contribution in [1.29, 1.82) is 0 Å². The van der Waals surface area contributed by atoms with Gasteiger partial charge in [0.25, 0.3) is 0 Å². The van der Waals surface area contributed by atoms with Gasteiger partial charge in [-0.1, -0.05) is 38.1 Å². The van der Waals surface area contributed by atoms with Crippen LogP contribution in [-0.2, 0) is 4.79 Å². The third-order valence-electron chi connectivity index (χ3n) is 3.75. The van der Waals surface area contributed by atoms with Crippen molar-refractivity contribution in [3.63, 3.8) is 0 Å². The van der Waals surface area contributed by atoms with Gasteiger partial charge in [0.05, 0.1) is 12.6 Å². The van der Waals surface area contributed by atoms with Crippen LogP contribution in [-0.4, -0.2) is 50.6 Å². The van der Waals surface area contributed by atoms with E-state index in [0.29, 0.717) is 25.0 Å². The van der Waals surface area contributed by atoms with Gasteiger partial charge >= 0.3 is 0 Å². The first-order valence-electron chi connectivity index (χ1n) is 9.31. The predicted molar refractivity (Wildman–Crippen MR) is 112 cm³/mol. The molecular weight excluding hydrogens is 340 g/mol. The van der Waals surface area contributed by atoms with Crippen LogP contribution in [0.4, 0.5) is 0 Å². The number of nitrogens with one attached hydrogen (secondary N) is 2. The van der Waals surface area contributed by atoms with Crippen LogP contribution in [0.25, 0.3) is 0 Å². The molecule has 2 N–H and O–H groups in total. The minimum Gasteiger partial charge on any atom is -0.493 e. The van der Waals surface area contributed by atoms with Crippen LogP contribution in [0.5, 0.6) is 5.75 Å². The van der Waals surface area contributed by atoms with E-state index in [2.05, 4.69) is 43.0 Å². The molecule has 6 heteroatoms. The molecule has 1 aromatic rings. The summed E-state index contributed by atoms with van der Waals surface area (Å²) in [5.74, 6) is 1.89. The first-order valence-corrected chi connectivity index (χ1v) is 9.31. The van der Waals surface area contributed by atoms with E-state index >= 15 is 0 Å². The van der Waals surface area contributed by atoms with Crippen molar-refractivity contribution in [2.45, 2.75) is 33.7 Å². The highest BCUT2D eigenvalue weighted by Gasteiger charge is 2.10. The van der Waals surface area contributed by atoms with E-state index in [1.807, 2.05) is 31.2 Å². The maximum Gasteiger partial charge on any atom is 0.243 e. The first kappa shape index (κ1) is 22.5. The van der Waals surface area contributed by atoms with Crippen molar-refractivity contribution in [1.82, 2.24) is 15.5 Å². The van der Waals surface area contributed by atoms with E-state index in [9.17, 15) is 4.79 Å². The monoisotopic (exact) mass is 374 g/mol. The van der Waals surface area contributed by atoms with Gasteiger partial charge in [-0.2, -0.15) is 0 Å². The van der Waals surface area contributed by atoms with Crippen LogP contribution in [0.3, 0.4) is 0 Å². The first-order chi connectivity index (χ1) is 12.7. The predicted octanol–water partition coefficient (Wildman–Crippen LogP) is 2.98. The third kappa shape index (κ3) is 9.13. The quantitative estimate of drug-likeness (QED) is 0.396. The Morgan fingerprint density at radius 2 is 1.85 bits per heavy atom. The van der Waals surface area contributed by atoms with Crippen molar-refractivity contribution in [3.8, 4) is 5.75 Å². The molecule has 1 amide bonds. The molecule has 1 rings (SSSR count). The number of hydrogen-bond donors (Lipinski definition) is 2. The number of aliphatic imine (C=N–C) groups is 1. The Balaban J connectivity index is 2.75. The number of amides is 1. The summed E-state index contributed by atoms with van der Waals surface area (Å²) in [5, 5.41) is 6.54. The molecule has 27 heavy (non-hydrogen) atoms. The lowest BCUT2D eigenvalue weighted by atomic mass is 10.1. The van der Waals surface area contributed by atoms with Crippen LogP contribution in [0, 0.1) is 5.92 Å². The second kappa shape index (κ2) is 11.3. The Morgan fingerprint density at radius 3 is 2.37 bits per heavy atom. The number of nitrogens with zero attached hydrogens (tertiary/aromatic N) is 2. The molecule has 0 aliphatic carbocycles. The van der Waals surface area contributed by atoms with Crippen LogP contribution in [0.1, 0.15) is 39.3 Å². The average Bonchev–Trinajstić information content (AvgIpc) is 2.61. The number of guanidine groups is 1. The van der Waals surface area contributed by atoms with Gasteiger partial charge in [0, 0.05) is 20.6 Å². The summed E-state index contributed by atoms with van der Waals surface area (Å²) in [6.07, 6.45) is 0. The number of benzene rings is 1. The summed E-state index contributed by atoms with van der Waals surface area (Å²) in [6.45, 7) is 13.5. The third-order valence-corrected chi connectivity index (χ3v) is 3.75. The highest BCUT2D eigenvalue weighted by molar-refractivity contribution is 5.85. The number of ether oxygens (including phenoxy) is 1. The van der Waals surface area contributed by atoms with E-state index in [-0.39, 0.29) is 18.5 Å². The van der Waals surface area contributed by atoms with Crippen molar-refractivity contribution in [2.75, 3.05) is 33.8 Å². The lowest BCUT2D eigenvalue weighted by Crippen LogP contribution is -2.40. The minimum absolute atomic E-state index is 0.0231. The lowest BCUT2D eigenvalue weighted by Gasteiger charge is -2.19. The molecule has 1 atom stereocenters. The van der Waals surface area contributed by atoms with Crippen molar-refractivity contribution in [3.05, 3.63) is 42.0 Å². The Labute approximate surface area is 163 Å². The lowest BCUT2D eigenvalue weighted by molar-refractivity contribution is -0.127. The molecule has 0 spiro atoms. The number of carbonyl (C=O) groups excluding carboxylic acids is 1. The standard InChI is InChI=1S/C21H34N4O2/c1-15(2)12-22-21(23-13-20(26)25(6)7)24-17(5)18-8-10-19(11-9-18)27-14-16(3)4/h8-11,16-17H,1,12-14H2,2-7H3,(H2,22,23,24). The van der Waals surface area contributed by atoms with Gasteiger partial charge in [-0.05, 0) is 37.5 Å². The van der Waals surface area contributed by atoms with Gasteiger partial charge in [0.15, 0.2) is 5.96 Å². The van der Waals surface area contributed by atoms with Crippen LogP contribution < -0.4 is 15.4 Å². The molecular formula is C21H34N4O2. The largest absolute Gasteiger partial charge is 0.493 e. The highest BCUT2D eigenvalue weighted by Crippen LogP contribution is 2.18. The summed E-state index contributed by atoms with van der Waals surface area (Å²) in [4.78, 5) is 17.7. The average molecular weight is 375 g/mol. The van der Waals surface area contributed by atoms with Crippen molar-refractivity contribution >= 4 is 11.9 Å². The zero-order valence-electron chi connectivity index (χ0n) is 17.5. The fourth-order valence-electron chi connectivity index (χ4n) is 2.08. The molecule has 0 saturated carbocycles. The summed E-state index contributed by atoms with van der Waals surface area (Å²) < 4.78 is 5.73. The fourth-order valence-corrected chi connectivity index (χ4v) is 2.08. The topological polar surface area (TPSA) is 66.0 Å². The summed E-state index contributed by atoms with van der Waals surface area (Å²) in [7, 11) is 3.44. The second-order valence-electron chi connectivity index (χ2n) is 7.40. The maximum absolute atomic E-state index is 11.8. The molecule has 1 aromatic carbocycles. The molecule has 0 radical (unpaired) electrons. The number of carbonyl (C=O) groups is 1. The zero-order chi connectivity index (χ0) is 20.4. The molecule has 1 unspecified atom stereocenters. The number of rotatable bonds is 9. The van der Waals surface area contributed by atoms with Crippen LogP contribution >= 0.6 is 0 Å². The fraction of sp³-hybridized carbons (Fsp3) is 0.524. The Hall–Kier alpha value is -2.50. The van der Waals surface area contributed by atoms with Crippen LogP contribution in [0.2, 0.25) is 0 Å². The smallest absolute Gasteiger partial charge is 0.243 e. The molecule has 0 aliphatic heterocycles.